The molecule has 1 aliphatic rings. The third-order valence-electron chi connectivity index (χ3n) is 5.63. The second-order valence-corrected chi connectivity index (χ2v) is 7.89. The van der Waals surface area contributed by atoms with Gasteiger partial charge in [0.15, 0.2) is 6.86 Å². The molecule has 0 aliphatic carbocycles. The fourth-order valence-corrected chi connectivity index (χ4v) is 3.88. The lowest BCUT2D eigenvalue weighted by Crippen LogP contribution is -2.56. The number of nitrogens with zero attached hydrogens (tertiary/aromatic N) is 9. The van der Waals surface area contributed by atoms with Crippen LogP contribution in [0.2, 0.25) is 0 Å². The molecule has 0 unspecified atom stereocenters. The molecular formula is C24H24FN9O. The first kappa shape index (κ1) is 22.5. The van der Waals surface area contributed by atoms with Gasteiger partial charge in [-0.25, -0.2) is 34.3 Å². The maximum atomic E-state index is 12.7. The van der Waals surface area contributed by atoms with Gasteiger partial charge in [-0.05, 0) is 23.8 Å². The van der Waals surface area contributed by atoms with Crippen LogP contribution in [-0.2, 0) is 4.74 Å². The van der Waals surface area contributed by atoms with Crippen LogP contribution in [0.3, 0.4) is 0 Å². The molecule has 4 aromatic heterocycles. The number of piperazine rings is 1. The summed E-state index contributed by atoms with van der Waals surface area (Å²) in [6.45, 7) is 1.30. The molecule has 0 N–H and O–H groups in total. The highest BCUT2D eigenvalue weighted by molar-refractivity contribution is 5.68. The molecule has 1 atom stereocenters. The Morgan fingerprint density at radius 3 is 2.43 bits per heavy atom. The Labute approximate surface area is 201 Å². The van der Waals surface area contributed by atoms with Crippen molar-refractivity contribution < 1.29 is 9.13 Å². The highest BCUT2D eigenvalue weighted by Gasteiger charge is 2.30. The lowest BCUT2D eigenvalue weighted by Gasteiger charge is -2.41. The van der Waals surface area contributed by atoms with Crippen molar-refractivity contribution in [1.82, 2.24) is 34.5 Å². The number of aromatic nitrogens is 7. The summed E-state index contributed by atoms with van der Waals surface area (Å²) in [4.78, 5) is 30.4. The zero-order valence-electron chi connectivity index (χ0n) is 18.9. The molecule has 11 heteroatoms. The minimum absolute atomic E-state index is 0.122. The molecule has 0 saturated carbocycles. The fourth-order valence-electron chi connectivity index (χ4n) is 3.88. The molecule has 35 heavy (non-hydrogen) atoms. The van der Waals surface area contributed by atoms with Crippen LogP contribution in [0.4, 0.5) is 16.3 Å². The topological polar surface area (TPSA) is 98.0 Å². The number of hydrogen-bond donors (Lipinski definition) is 0. The summed E-state index contributed by atoms with van der Waals surface area (Å²) in [6, 6.07) is 5.57. The summed E-state index contributed by atoms with van der Waals surface area (Å²) >= 11 is 0. The van der Waals surface area contributed by atoms with Gasteiger partial charge in [-0.15, -0.1) is 0 Å². The number of rotatable bonds is 8. The third kappa shape index (κ3) is 5.46. The summed E-state index contributed by atoms with van der Waals surface area (Å²) in [7, 11) is 0. The van der Waals surface area contributed by atoms with Crippen molar-refractivity contribution in [2.45, 2.75) is 6.04 Å². The van der Waals surface area contributed by atoms with Crippen LogP contribution in [0.1, 0.15) is 11.1 Å². The van der Waals surface area contributed by atoms with Crippen LogP contribution in [0.5, 0.6) is 0 Å². The molecule has 4 aromatic rings. The molecule has 5 heterocycles. The number of ether oxygens (including phenoxy) is 1. The Bertz CT molecular complexity index is 1220. The Morgan fingerprint density at radius 1 is 0.914 bits per heavy atom. The molecule has 0 radical (unpaired) electrons. The quantitative estimate of drug-likeness (QED) is 0.382. The average Bonchev–Trinajstić information content (AvgIpc) is 3.47. The zero-order valence-corrected chi connectivity index (χ0v) is 18.9. The molecule has 0 amide bonds. The first-order valence-electron chi connectivity index (χ1n) is 11.2. The molecule has 0 bridgehead atoms. The summed E-state index contributed by atoms with van der Waals surface area (Å²) < 4.78 is 19.6. The van der Waals surface area contributed by atoms with Gasteiger partial charge in [-0.3, -0.25) is 4.57 Å². The molecule has 5 rings (SSSR count). The van der Waals surface area contributed by atoms with Crippen LogP contribution in [0.25, 0.3) is 18.0 Å². The first-order chi connectivity index (χ1) is 17.3. The maximum Gasteiger partial charge on any atom is 0.225 e. The second-order valence-electron chi connectivity index (χ2n) is 7.89. The van der Waals surface area contributed by atoms with Gasteiger partial charge >= 0.3 is 0 Å². The van der Waals surface area contributed by atoms with Crippen molar-refractivity contribution in [3.8, 4) is 5.82 Å². The van der Waals surface area contributed by atoms with Crippen LogP contribution < -0.4 is 9.80 Å². The molecule has 1 aliphatic heterocycles. The van der Waals surface area contributed by atoms with E-state index in [1.54, 1.807) is 49.6 Å². The SMILES string of the molecule is FCOC[C@H]1CN(c2ncc(/C=C/c3ccc(-n4ccnc4)nc3)cn2)CCN1c1ncccn1. The van der Waals surface area contributed by atoms with E-state index in [-0.39, 0.29) is 12.6 Å². The van der Waals surface area contributed by atoms with Gasteiger partial charge in [0.25, 0.3) is 0 Å². The van der Waals surface area contributed by atoms with E-state index in [1.165, 1.54) is 0 Å². The van der Waals surface area contributed by atoms with Crippen molar-refractivity contribution in [2.75, 3.05) is 42.9 Å². The summed E-state index contributed by atoms with van der Waals surface area (Å²) in [6.07, 6.45) is 17.9. The van der Waals surface area contributed by atoms with Gasteiger partial charge in [0.05, 0.1) is 12.6 Å². The fraction of sp³-hybridized carbons (Fsp3) is 0.250. The number of alkyl halides is 1. The van der Waals surface area contributed by atoms with Gasteiger partial charge < -0.3 is 14.5 Å². The highest BCUT2D eigenvalue weighted by atomic mass is 19.1. The van der Waals surface area contributed by atoms with Crippen molar-refractivity contribution in [3.05, 3.63) is 79.0 Å². The molecule has 1 fully saturated rings. The molecule has 10 nitrogen and oxygen atoms in total. The standard InChI is InChI=1S/C24H24FN9O/c25-17-35-16-21-15-32(10-11-34(21)24-27-6-1-7-28-24)23-30-13-20(14-31-23)3-2-19-4-5-22(29-12-19)33-9-8-26-18-33/h1-9,12-14,18,21H,10-11,15-17H2/b3-2+/t21-/m1/s1. The molecule has 178 valence electrons. The van der Waals surface area contributed by atoms with Gasteiger partial charge in [-0.1, -0.05) is 12.2 Å². The monoisotopic (exact) mass is 473 g/mol. The van der Waals surface area contributed by atoms with Crippen molar-refractivity contribution >= 4 is 24.0 Å². The molecule has 1 saturated heterocycles. The van der Waals surface area contributed by atoms with E-state index < -0.39 is 6.86 Å². The van der Waals surface area contributed by atoms with E-state index in [1.807, 2.05) is 39.9 Å². The minimum atomic E-state index is -0.834. The smallest absolute Gasteiger partial charge is 0.225 e. The normalized spacial score (nSPS) is 16.2. The molecule has 0 spiro atoms. The summed E-state index contributed by atoms with van der Waals surface area (Å²) in [5.74, 6) is 2.03. The van der Waals surface area contributed by atoms with E-state index in [0.29, 0.717) is 31.5 Å². The summed E-state index contributed by atoms with van der Waals surface area (Å²) in [5, 5.41) is 0. The van der Waals surface area contributed by atoms with Gasteiger partial charge in [0, 0.05) is 68.6 Å². The minimum Gasteiger partial charge on any atom is -0.348 e. The van der Waals surface area contributed by atoms with E-state index in [4.69, 9.17) is 4.74 Å². The Morgan fingerprint density at radius 2 is 1.71 bits per heavy atom. The second kappa shape index (κ2) is 10.8. The van der Waals surface area contributed by atoms with Gasteiger partial charge in [0.1, 0.15) is 12.1 Å². The Kier molecular flexibility index (Phi) is 6.94. The van der Waals surface area contributed by atoms with Gasteiger partial charge in [-0.2, -0.15) is 0 Å². The van der Waals surface area contributed by atoms with E-state index in [9.17, 15) is 4.39 Å². The number of pyridine rings is 1. The Hall–Kier alpha value is -4.25. The van der Waals surface area contributed by atoms with Crippen LogP contribution >= 0.6 is 0 Å². The van der Waals surface area contributed by atoms with Crippen molar-refractivity contribution in [3.63, 3.8) is 0 Å². The lowest BCUT2D eigenvalue weighted by molar-refractivity contribution is 0.0474. The van der Waals surface area contributed by atoms with Gasteiger partial charge in [0.2, 0.25) is 11.9 Å². The third-order valence-corrected chi connectivity index (χ3v) is 5.63. The predicted molar refractivity (Wildman–Crippen MR) is 130 cm³/mol. The molecular weight excluding hydrogens is 449 g/mol. The van der Waals surface area contributed by atoms with Crippen LogP contribution in [-0.4, -0.2) is 73.6 Å². The molecule has 0 aromatic carbocycles. The number of anilines is 2. The summed E-state index contributed by atoms with van der Waals surface area (Å²) in [5.41, 5.74) is 1.84. The number of imidazole rings is 1. The van der Waals surface area contributed by atoms with Crippen molar-refractivity contribution in [1.29, 1.82) is 0 Å². The maximum absolute atomic E-state index is 12.7. The average molecular weight is 474 g/mol. The van der Waals surface area contributed by atoms with Crippen LogP contribution in [0, 0.1) is 0 Å². The van der Waals surface area contributed by atoms with Crippen molar-refractivity contribution in [2.24, 2.45) is 0 Å². The number of halogens is 1. The van der Waals surface area contributed by atoms with E-state index >= 15 is 0 Å². The highest BCUT2D eigenvalue weighted by Crippen LogP contribution is 2.20. The number of hydrogen-bond acceptors (Lipinski definition) is 9. The lowest BCUT2D eigenvalue weighted by atomic mass is 10.2. The van der Waals surface area contributed by atoms with E-state index in [0.717, 1.165) is 16.9 Å². The first-order valence-corrected chi connectivity index (χ1v) is 11.2. The van der Waals surface area contributed by atoms with Crippen LogP contribution in [0.15, 0.2) is 67.9 Å². The predicted octanol–water partition coefficient (Wildman–Crippen LogP) is 2.66. The zero-order chi connectivity index (χ0) is 23.9. The largest absolute Gasteiger partial charge is 0.348 e. The Balaban J connectivity index is 1.23. The van der Waals surface area contributed by atoms with E-state index in [2.05, 4.69) is 34.8 Å².